The molecule has 0 spiro atoms. The SMILES string of the molecule is CN1CCN([C@@H]2CCCN(c3cnc(C(N)=O)c(Nc4ccc(N5CCNCC5)cc4)n3)C2)C1=O.O=C(O)C(F)(F)F. The van der Waals surface area contributed by atoms with E-state index in [9.17, 15) is 22.8 Å². The number of halogens is 3. The molecule has 1 aromatic carbocycles. The number of benzene rings is 1. The number of piperazine rings is 1. The number of carbonyl (C=O) groups excluding carboxylic acids is 2. The van der Waals surface area contributed by atoms with Crippen LogP contribution in [0.15, 0.2) is 30.5 Å². The van der Waals surface area contributed by atoms with Crippen molar-refractivity contribution in [2.75, 3.05) is 74.5 Å². The maximum atomic E-state index is 12.5. The summed E-state index contributed by atoms with van der Waals surface area (Å²) in [6, 6.07) is 8.29. The number of nitrogens with one attached hydrogen (secondary N) is 2. The molecule has 3 saturated heterocycles. The number of nitrogens with two attached hydrogens (primary N) is 1. The summed E-state index contributed by atoms with van der Waals surface area (Å²) in [5, 5.41) is 13.7. The van der Waals surface area contributed by atoms with Gasteiger partial charge in [0.15, 0.2) is 11.5 Å². The Labute approximate surface area is 240 Å². The predicted octanol–water partition coefficient (Wildman–Crippen LogP) is 1.70. The molecular formula is C26H34F3N9O4. The lowest BCUT2D eigenvalue weighted by Crippen LogP contribution is -2.49. The molecule has 1 aromatic heterocycles. The first-order valence-corrected chi connectivity index (χ1v) is 13.5. The number of rotatable bonds is 6. The molecule has 0 aliphatic carbocycles. The number of nitrogens with zero attached hydrogens (tertiary/aromatic N) is 6. The monoisotopic (exact) mass is 593 g/mol. The van der Waals surface area contributed by atoms with E-state index in [0.717, 1.165) is 70.0 Å². The topological polar surface area (TPSA) is 160 Å². The first-order valence-electron chi connectivity index (χ1n) is 13.5. The lowest BCUT2D eigenvalue weighted by atomic mass is 10.0. The Hall–Kier alpha value is -4.34. The van der Waals surface area contributed by atoms with E-state index in [2.05, 4.69) is 37.6 Å². The fourth-order valence-corrected chi connectivity index (χ4v) is 5.04. The predicted molar refractivity (Wildman–Crippen MR) is 149 cm³/mol. The minimum atomic E-state index is -5.08. The van der Waals surface area contributed by atoms with Crippen LogP contribution in [0.1, 0.15) is 23.3 Å². The number of carbonyl (C=O) groups is 3. The average molecular weight is 594 g/mol. The summed E-state index contributed by atoms with van der Waals surface area (Å²) < 4.78 is 31.7. The van der Waals surface area contributed by atoms with Gasteiger partial charge < -0.3 is 41.1 Å². The van der Waals surface area contributed by atoms with E-state index in [4.69, 9.17) is 20.6 Å². The third kappa shape index (κ3) is 7.48. The Morgan fingerprint density at radius 3 is 2.31 bits per heavy atom. The third-order valence-electron chi connectivity index (χ3n) is 7.26. The van der Waals surface area contributed by atoms with Crippen LogP contribution in [-0.2, 0) is 4.79 Å². The van der Waals surface area contributed by atoms with Crippen LogP contribution in [0.4, 0.5) is 41.0 Å². The van der Waals surface area contributed by atoms with E-state index in [0.29, 0.717) is 18.2 Å². The Balaban J connectivity index is 0.000000517. The standard InChI is InChI=1S/C24H33N9O2.C2HF3O2/c1-30-13-14-33(24(30)35)19-3-2-10-32(16-19)20-15-27-21(22(25)34)23(29-20)28-17-4-6-18(7-5-17)31-11-8-26-9-12-31;3-2(4,5)1(6)7/h4-7,15,19,26H,2-3,8-14,16H2,1H3,(H2,25,34)(H,28,29);(H,6,7)/t19-;/m1./s1. The van der Waals surface area contributed by atoms with Crippen LogP contribution in [0.5, 0.6) is 0 Å². The van der Waals surface area contributed by atoms with E-state index in [1.165, 1.54) is 0 Å². The molecule has 4 heterocycles. The van der Waals surface area contributed by atoms with Crippen molar-refractivity contribution >= 4 is 40.9 Å². The second kappa shape index (κ2) is 13.1. The van der Waals surface area contributed by atoms with Gasteiger partial charge in [0.2, 0.25) is 0 Å². The molecule has 5 N–H and O–H groups in total. The van der Waals surface area contributed by atoms with Crippen molar-refractivity contribution in [3.05, 3.63) is 36.2 Å². The smallest absolute Gasteiger partial charge is 0.475 e. The molecule has 0 unspecified atom stereocenters. The highest BCUT2D eigenvalue weighted by molar-refractivity contribution is 5.96. The number of amides is 3. The van der Waals surface area contributed by atoms with Gasteiger partial charge in [-0.25, -0.2) is 19.6 Å². The normalized spacial score (nSPS) is 19.3. The molecule has 3 aliphatic rings. The zero-order chi connectivity index (χ0) is 30.4. The number of hydrogen-bond donors (Lipinski definition) is 4. The second-order valence-electron chi connectivity index (χ2n) is 10.1. The van der Waals surface area contributed by atoms with Crippen LogP contribution in [0.3, 0.4) is 0 Å². The van der Waals surface area contributed by atoms with Gasteiger partial charge in [0.1, 0.15) is 5.82 Å². The molecule has 3 fully saturated rings. The highest BCUT2D eigenvalue weighted by atomic mass is 19.4. The van der Waals surface area contributed by atoms with Gasteiger partial charge in [-0.1, -0.05) is 0 Å². The van der Waals surface area contributed by atoms with Crippen LogP contribution >= 0.6 is 0 Å². The van der Waals surface area contributed by atoms with E-state index >= 15 is 0 Å². The molecule has 1 atom stereocenters. The summed E-state index contributed by atoms with van der Waals surface area (Å²) in [7, 11) is 1.84. The molecule has 3 aliphatic heterocycles. The van der Waals surface area contributed by atoms with Gasteiger partial charge >= 0.3 is 18.2 Å². The van der Waals surface area contributed by atoms with Crippen molar-refractivity contribution in [2.45, 2.75) is 25.1 Å². The molecule has 5 rings (SSSR count). The summed E-state index contributed by atoms with van der Waals surface area (Å²) in [6.45, 7) is 6.90. The Morgan fingerprint density at radius 2 is 1.74 bits per heavy atom. The molecule has 0 bridgehead atoms. The van der Waals surface area contributed by atoms with Crippen molar-refractivity contribution in [1.29, 1.82) is 0 Å². The second-order valence-corrected chi connectivity index (χ2v) is 10.1. The van der Waals surface area contributed by atoms with Gasteiger partial charge in [-0.05, 0) is 37.1 Å². The first kappa shape index (κ1) is 30.6. The number of carboxylic acid groups (broad SMARTS) is 1. The van der Waals surface area contributed by atoms with E-state index in [1.54, 1.807) is 11.1 Å². The maximum Gasteiger partial charge on any atom is 0.490 e. The van der Waals surface area contributed by atoms with Crippen molar-refractivity contribution in [2.24, 2.45) is 5.73 Å². The quantitative estimate of drug-likeness (QED) is 0.388. The Kier molecular flexibility index (Phi) is 9.55. The lowest BCUT2D eigenvalue weighted by Gasteiger charge is -2.37. The molecule has 0 radical (unpaired) electrons. The minimum Gasteiger partial charge on any atom is -0.475 e. The van der Waals surface area contributed by atoms with Gasteiger partial charge in [0.05, 0.1) is 12.2 Å². The fourth-order valence-electron chi connectivity index (χ4n) is 5.04. The fraction of sp³-hybridized carbons (Fsp3) is 0.500. The number of anilines is 4. The number of primary amides is 1. The highest BCUT2D eigenvalue weighted by Crippen LogP contribution is 2.27. The van der Waals surface area contributed by atoms with Crippen molar-refractivity contribution < 1.29 is 32.7 Å². The largest absolute Gasteiger partial charge is 0.490 e. The molecule has 42 heavy (non-hydrogen) atoms. The Bertz CT molecular complexity index is 1270. The van der Waals surface area contributed by atoms with E-state index < -0.39 is 18.1 Å². The lowest BCUT2D eigenvalue weighted by molar-refractivity contribution is -0.192. The zero-order valence-electron chi connectivity index (χ0n) is 23.1. The van der Waals surface area contributed by atoms with Crippen molar-refractivity contribution in [1.82, 2.24) is 25.1 Å². The molecule has 16 heteroatoms. The molecule has 228 valence electrons. The Morgan fingerprint density at radius 1 is 1.07 bits per heavy atom. The highest BCUT2D eigenvalue weighted by Gasteiger charge is 2.38. The number of piperidine rings is 1. The molecule has 13 nitrogen and oxygen atoms in total. The number of hydrogen-bond acceptors (Lipinski definition) is 9. The average Bonchev–Trinajstić information content (AvgIpc) is 3.31. The third-order valence-corrected chi connectivity index (χ3v) is 7.26. The van der Waals surface area contributed by atoms with Gasteiger partial charge in [-0.2, -0.15) is 13.2 Å². The number of aliphatic carboxylic acids is 1. The van der Waals surface area contributed by atoms with Crippen molar-refractivity contribution in [3.8, 4) is 0 Å². The van der Waals surface area contributed by atoms with Crippen LogP contribution in [0.25, 0.3) is 0 Å². The number of urea groups is 1. The van der Waals surface area contributed by atoms with Gasteiger partial charge in [0, 0.05) is 70.8 Å². The van der Waals surface area contributed by atoms with Crippen LogP contribution < -0.4 is 26.2 Å². The summed E-state index contributed by atoms with van der Waals surface area (Å²) >= 11 is 0. The summed E-state index contributed by atoms with van der Waals surface area (Å²) in [5.41, 5.74) is 7.66. The molecule has 3 amide bonds. The minimum absolute atomic E-state index is 0.0821. The zero-order valence-corrected chi connectivity index (χ0v) is 23.1. The number of carboxylic acids is 1. The van der Waals surface area contributed by atoms with Crippen molar-refractivity contribution in [3.63, 3.8) is 0 Å². The molecule has 0 saturated carbocycles. The number of aromatic nitrogens is 2. The molecule has 2 aromatic rings. The van der Waals surface area contributed by atoms with Gasteiger partial charge in [-0.3, -0.25) is 4.79 Å². The van der Waals surface area contributed by atoms with Crippen LogP contribution in [-0.4, -0.2) is 114 Å². The number of alkyl halides is 3. The van der Waals surface area contributed by atoms with E-state index in [1.807, 2.05) is 24.1 Å². The summed E-state index contributed by atoms with van der Waals surface area (Å²) in [6.07, 6.45) is -1.57. The molecular weight excluding hydrogens is 559 g/mol. The van der Waals surface area contributed by atoms with Gasteiger partial charge in [0.25, 0.3) is 5.91 Å². The first-order chi connectivity index (χ1) is 19.9. The maximum absolute atomic E-state index is 12.5. The van der Waals surface area contributed by atoms with Crippen LogP contribution in [0, 0.1) is 0 Å². The van der Waals surface area contributed by atoms with Gasteiger partial charge in [-0.15, -0.1) is 0 Å². The summed E-state index contributed by atoms with van der Waals surface area (Å²) in [5.74, 6) is -2.39. The number of likely N-dealkylation sites (N-methyl/N-ethyl adjacent to an activating group) is 1. The van der Waals surface area contributed by atoms with E-state index in [-0.39, 0.29) is 17.8 Å². The summed E-state index contributed by atoms with van der Waals surface area (Å²) in [4.78, 5) is 50.7. The van der Waals surface area contributed by atoms with Crippen LogP contribution in [0.2, 0.25) is 0 Å².